The number of nitrogens with zero attached hydrogens (tertiary/aromatic N) is 2. The van der Waals surface area contributed by atoms with Crippen LogP contribution in [0.1, 0.15) is 44.5 Å². The van der Waals surface area contributed by atoms with Crippen LogP contribution in [0.15, 0.2) is 194 Å². The molecule has 0 bridgehead atoms. The van der Waals surface area contributed by atoms with Gasteiger partial charge in [0.1, 0.15) is 0 Å². The molecule has 0 saturated carbocycles. The minimum atomic E-state index is -0.515. The molecule has 0 saturated heterocycles. The first-order valence-electron chi connectivity index (χ1n) is 19.2. The Balaban J connectivity index is 1.22. The van der Waals surface area contributed by atoms with Crippen molar-refractivity contribution in [1.82, 2.24) is 0 Å². The van der Waals surface area contributed by atoms with Gasteiger partial charge in [0, 0.05) is 34.1 Å². The summed E-state index contributed by atoms with van der Waals surface area (Å²) in [6.07, 6.45) is 0. The van der Waals surface area contributed by atoms with E-state index in [2.05, 4.69) is 232 Å². The molecule has 0 spiro atoms. The minimum absolute atomic E-state index is 0.515. The van der Waals surface area contributed by atoms with Crippen LogP contribution in [0.4, 0.5) is 34.1 Å². The summed E-state index contributed by atoms with van der Waals surface area (Å²) in [5, 5.41) is 0. The molecule has 9 rings (SSSR count). The number of hydrogen-bond acceptors (Lipinski definition) is 2. The van der Waals surface area contributed by atoms with Crippen molar-refractivity contribution < 1.29 is 0 Å². The lowest BCUT2D eigenvalue weighted by Crippen LogP contribution is -2.28. The maximum absolute atomic E-state index is 2.37. The molecule has 55 heavy (non-hydrogen) atoms. The molecule has 0 aliphatic heterocycles. The van der Waals surface area contributed by atoms with Gasteiger partial charge in [-0.15, -0.1) is 0 Å². The zero-order chi connectivity index (χ0) is 37.5. The van der Waals surface area contributed by atoms with Crippen LogP contribution in [0.25, 0.3) is 11.1 Å². The van der Waals surface area contributed by atoms with Gasteiger partial charge in [0.15, 0.2) is 0 Å². The number of anilines is 6. The van der Waals surface area contributed by atoms with Crippen LogP contribution < -0.4 is 9.80 Å². The molecular weight excluding hydrogens is 665 g/mol. The number of benzene rings is 8. The summed E-state index contributed by atoms with van der Waals surface area (Å²) in [4.78, 5) is 4.74. The van der Waals surface area contributed by atoms with Crippen molar-refractivity contribution >= 4 is 34.1 Å². The first-order valence-corrected chi connectivity index (χ1v) is 19.2. The van der Waals surface area contributed by atoms with Gasteiger partial charge in [0.25, 0.3) is 0 Å². The van der Waals surface area contributed by atoms with E-state index in [4.69, 9.17) is 0 Å². The molecular formula is C53H44N2. The molecule has 0 unspecified atom stereocenters. The third-order valence-electron chi connectivity index (χ3n) is 11.1. The summed E-state index contributed by atoms with van der Waals surface area (Å²) in [5.74, 6) is 0. The third kappa shape index (κ3) is 6.01. The van der Waals surface area contributed by atoms with E-state index in [1.54, 1.807) is 0 Å². The Morgan fingerprint density at radius 1 is 0.291 bits per heavy atom. The zero-order valence-corrected chi connectivity index (χ0v) is 31.9. The molecule has 8 aromatic carbocycles. The normalized spacial score (nSPS) is 12.5. The van der Waals surface area contributed by atoms with E-state index in [9.17, 15) is 0 Å². The molecule has 8 aromatic rings. The maximum atomic E-state index is 2.37. The van der Waals surface area contributed by atoms with E-state index in [1.165, 1.54) is 55.6 Å². The summed E-state index contributed by atoms with van der Waals surface area (Å²) in [6, 6.07) is 71.6. The van der Waals surface area contributed by atoms with Gasteiger partial charge in [-0.1, -0.05) is 121 Å². The minimum Gasteiger partial charge on any atom is -0.310 e. The first-order chi connectivity index (χ1) is 26.9. The summed E-state index contributed by atoms with van der Waals surface area (Å²) >= 11 is 0. The highest BCUT2D eigenvalue weighted by atomic mass is 15.1. The van der Waals surface area contributed by atoms with Gasteiger partial charge < -0.3 is 9.80 Å². The van der Waals surface area contributed by atoms with E-state index in [0.717, 1.165) is 34.1 Å². The second kappa shape index (κ2) is 14.0. The molecule has 266 valence electrons. The predicted octanol–water partition coefficient (Wildman–Crippen LogP) is 14.2. The van der Waals surface area contributed by atoms with Crippen molar-refractivity contribution in [2.75, 3.05) is 9.80 Å². The molecule has 1 aliphatic carbocycles. The number of hydrogen-bond donors (Lipinski definition) is 0. The molecule has 0 atom stereocenters. The number of rotatable bonds is 8. The van der Waals surface area contributed by atoms with Gasteiger partial charge in [-0.2, -0.15) is 0 Å². The fraction of sp³-hybridized carbons (Fsp3) is 0.0943. The van der Waals surface area contributed by atoms with Crippen molar-refractivity contribution in [3.63, 3.8) is 0 Å². The van der Waals surface area contributed by atoms with Gasteiger partial charge in [0.2, 0.25) is 0 Å². The van der Waals surface area contributed by atoms with Crippen LogP contribution >= 0.6 is 0 Å². The molecule has 1 aliphatic rings. The number of fused-ring (bicyclic) bond motifs is 3. The van der Waals surface area contributed by atoms with Crippen LogP contribution in [0.3, 0.4) is 0 Å². The maximum Gasteiger partial charge on any atom is 0.0713 e. The van der Waals surface area contributed by atoms with Crippen LogP contribution in [-0.4, -0.2) is 0 Å². The SMILES string of the molecule is Cc1cccc(N(c2ccc(C3(c4ccc(N(c5cccc(C)c5)c5cccc(C)c5)cc4)c4ccccc4-c4ccccc43)cc2)c2cccc(C)c2)c1. The number of aryl methyl sites for hydroxylation is 4. The van der Waals surface area contributed by atoms with E-state index >= 15 is 0 Å². The third-order valence-corrected chi connectivity index (χ3v) is 11.1. The van der Waals surface area contributed by atoms with Crippen molar-refractivity contribution in [3.05, 3.63) is 239 Å². The first kappa shape index (κ1) is 34.1. The molecule has 0 N–H and O–H groups in total. The fourth-order valence-electron chi connectivity index (χ4n) is 8.71. The Kier molecular flexibility index (Phi) is 8.67. The average molecular weight is 709 g/mol. The molecule has 2 heteroatoms. The average Bonchev–Trinajstić information content (AvgIpc) is 3.50. The van der Waals surface area contributed by atoms with E-state index in [-0.39, 0.29) is 0 Å². The summed E-state index contributed by atoms with van der Waals surface area (Å²) in [7, 11) is 0. The largest absolute Gasteiger partial charge is 0.310 e. The highest BCUT2D eigenvalue weighted by Crippen LogP contribution is 2.56. The van der Waals surface area contributed by atoms with Crippen molar-refractivity contribution in [1.29, 1.82) is 0 Å². The van der Waals surface area contributed by atoms with Crippen molar-refractivity contribution in [2.24, 2.45) is 0 Å². The van der Waals surface area contributed by atoms with E-state index in [1.807, 2.05) is 0 Å². The molecule has 0 radical (unpaired) electrons. The molecule has 0 aromatic heterocycles. The molecule has 0 fully saturated rings. The summed E-state index contributed by atoms with van der Waals surface area (Å²) in [5.41, 5.74) is 18.9. The molecule has 2 nitrogen and oxygen atoms in total. The lowest BCUT2D eigenvalue weighted by molar-refractivity contribution is 0.768. The smallest absolute Gasteiger partial charge is 0.0713 e. The molecule has 0 amide bonds. The lowest BCUT2D eigenvalue weighted by Gasteiger charge is -2.35. The Bertz CT molecular complexity index is 2370. The Morgan fingerprint density at radius 2 is 0.600 bits per heavy atom. The molecule has 0 heterocycles. The van der Waals surface area contributed by atoms with Crippen LogP contribution in [0.5, 0.6) is 0 Å². The Labute approximate surface area is 325 Å². The van der Waals surface area contributed by atoms with Gasteiger partial charge in [-0.25, -0.2) is 0 Å². The Hall–Kier alpha value is -6.64. The van der Waals surface area contributed by atoms with E-state index in [0.29, 0.717) is 0 Å². The highest BCUT2D eigenvalue weighted by Gasteiger charge is 2.46. The monoisotopic (exact) mass is 708 g/mol. The van der Waals surface area contributed by atoms with Gasteiger partial charge in [-0.3, -0.25) is 0 Å². The highest BCUT2D eigenvalue weighted by molar-refractivity contribution is 5.87. The zero-order valence-electron chi connectivity index (χ0n) is 31.9. The van der Waals surface area contributed by atoms with Crippen LogP contribution in [0.2, 0.25) is 0 Å². The topological polar surface area (TPSA) is 6.48 Å². The van der Waals surface area contributed by atoms with Gasteiger partial charge in [-0.05, 0) is 156 Å². The van der Waals surface area contributed by atoms with Gasteiger partial charge in [0.05, 0.1) is 5.41 Å². The van der Waals surface area contributed by atoms with Crippen molar-refractivity contribution in [2.45, 2.75) is 33.1 Å². The Morgan fingerprint density at radius 3 is 0.909 bits per heavy atom. The lowest BCUT2D eigenvalue weighted by atomic mass is 9.67. The predicted molar refractivity (Wildman–Crippen MR) is 232 cm³/mol. The summed E-state index contributed by atoms with van der Waals surface area (Å²) < 4.78 is 0. The fourth-order valence-corrected chi connectivity index (χ4v) is 8.71. The van der Waals surface area contributed by atoms with E-state index < -0.39 is 5.41 Å². The second-order valence-electron chi connectivity index (χ2n) is 15.0. The summed E-state index contributed by atoms with van der Waals surface area (Å²) in [6.45, 7) is 8.64. The standard InChI is InChI=1S/C53H44N2/c1-37-13-9-17-45(33-37)54(46-18-10-14-38(2)34-46)43-29-25-41(26-30-43)53(51-23-7-5-21-49(51)50-22-6-8-24-52(50)53)42-27-31-44(32-28-42)55(47-19-11-15-39(3)35-47)48-20-12-16-40(4)36-48/h5-36H,1-4H3. The second-order valence-corrected chi connectivity index (χ2v) is 15.0. The van der Waals surface area contributed by atoms with Gasteiger partial charge >= 0.3 is 0 Å². The quantitative estimate of drug-likeness (QED) is 0.155. The van der Waals surface area contributed by atoms with Crippen LogP contribution in [-0.2, 0) is 5.41 Å². The van der Waals surface area contributed by atoms with Crippen LogP contribution in [0, 0.1) is 27.7 Å². The van der Waals surface area contributed by atoms with Crippen molar-refractivity contribution in [3.8, 4) is 11.1 Å².